The maximum Gasteiger partial charge on any atom is 0.102 e. The second-order valence-electron chi connectivity index (χ2n) is 4.19. The maximum atomic E-state index is 5.85. The predicted octanol–water partition coefficient (Wildman–Crippen LogP) is 2.80. The molecule has 0 radical (unpaired) electrons. The largest absolute Gasteiger partial charge is 0.371 e. The number of rotatable bonds is 2. The number of benzene rings is 1. The highest BCUT2D eigenvalue weighted by atomic mass is 127. The number of halogens is 1. The number of fused-ring (bicyclic) bond motifs is 1. The van der Waals surface area contributed by atoms with Crippen LogP contribution in [0, 0.1) is 3.57 Å². The summed E-state index contributed by atoms with van der Waals surface area (Å²) in [4.78, 5) is 0. The first-order valence-corrected chi connectivity index (χ1v) is 6.78. The van der Waals surface area contributed by atoms with E-state index in [2.05, 4.69) is 52.0 Å². The van der Waals surface area contributed by atoms with Crippen LogP contribution in [0.2, 0.25) is 0 Å². The summed E-state index contributed by atoms with van der Waals surface area (Å²) in [5, 5.41) is 4.31. The first kappa shape index (κ1) is 11.2. The van der Waals surface area contributed by atoms with E-state index in [0.717, 1.165) is 23.1 Å². The van der Waals surface area contributed by atoms with Gasteiger partial charge < -0.3 is 4.74 Å². The highest BCUT2D eigenvalue weighted by Gasteiger charge is 2.20. The Morgan fingerprint density at radius 2 is 2.29 bits per heavy atom. The van der Waals surface area contributed by atoms with Gasteiger partial charge in [-0.25, -0.2) is 0 Å². The van der Waals surface area contributed by atoms with Crippen LogP contribution < -0.4 is 0 Å². The van der Waals surface area contributed by atoms with Crippen molar-refractivity contribution >= 4 is 22.6 Å². The van der Waals surface area contributed by atoms with E-state index >= 15 is 0 Å². The maximum absolute atomic E-state index is 5.85. The molecule has 1 aromatic heterocycles. The van der Waals surface area contributed by atoms with E-state index in [-0.39, 0.29) is 6.10 Å². The first-order valence-electron chi connectivity index (χ1n) is 5.70. The third kappa shape index (κ3) is 2.37. The van der Waals surface area contributed by atoms with Gasteiger partial charge in [0.1, 0.15) is 6.10 Å². The van der Waals surface area contributed by atoms with Crippen molar-refractivity contribution in [2.75, 3.05) is 6.61 Å². The highest BCUT2D eigenvalue weighted by Crippen LogP contribution is 2.28. The van der Waals surface area contributed by atoms with Crippen molar-refractivity contribution in [1.82, 2.24) is 9.78 Å². The van der Waals surface area contributed by atoms with Gasteiger partial charge in [0.2, 0.25) is 0 Å². The van der Waals surface area contributed by atoms with Gasteiger partial charge in [0.15, 0.2) is 0 Å². The van der Waals surface area contributed by atoms with Crippen molar-refractivity contribution < 1.29 is 4.74 Å². The average molecular weight is 340 g/mol. The normalized spacial score (nSPS) is 19.0. The van der Waals surface area contributed by atoms with Gasteiger partial charge in [-0.05, 0) is 40.1 Å². The van der Waals surface area contributed by atoms with Crippen molar-refractivity contribution in [3.05, 3.63) is 51.4 Å². The molecular weight excluding hydrogens is 327 g/mol. The Morgan fingerprint density at radius 3 is 3.12 bits per heavy atom. The lowest BCUT2D eigenvalue weighted by Gasteiger charge is -2.25. The lowest BCUT2D eigenvalue weighted by molar-refractivity contribution is 0.0283. The summed E-state index contributed by atoms with van der Waals surface area (Å²) in [7, 11) is 0. The van der Waals surface area contributed by atoms with Crippen molar-refractivity contribution in [2.45, 2.75) is 19.1 Å². The van der Waals surface area contributed by atoms with Crippen LogP contribution in [0.1, 0.15) is 17.2 Å². The Balaban J connectivity index is 1.85. The van der Waals surface area contributed by atoms with Crippen LogP contribution in [-0.2, 0) is 17.7 Å². The Hall–Kier alpha value is -0.880. The summed E-state index contributed by atoms with van der Waals surface area (Å²) < 4.78 is 8.97. The zero-order chi connectivity index (χ0) is 11.7. The topological polar surface area (TPSA) is 27.1 Å². The minimum absolute atomic E-state index is 0.135. The molecule has 1 aliphatic rings. The van der Waals surface area contributed by atoms with Crippen LogP contribution in [0.3, 0.4) is 0 Å². The van der Waals surface area contributed by atoms with Crippen LogP contribution in [0.15, 0.2) is 36.7 Å². The summed E-state index contributed by atoms with van der Waals surface area (Å²) in [6, 6.07) is 8.52. The van der Waals surface area contributed by atoms with Crippen molar-refractivity contribution in [3.63, 3.8) is 0 Å². The quantitative estimate of drug-likeness (QED) is 0.786. The van der Waals surface area contributed by atoms with E-state index in [9.17, 15) is 0 Å². The van der Waals surface area contributed by atoms with Crippen LogP contribution in [0.5, 0.6) is 0 Å². The average Bonchev–Trinajstić information content (AvgIpc) is 2.75. The molecule has 3 nitrogen and oxygen atoms in total. The summed E-state index contributed by atoms with van der Waals surface area (Å²) >= 11 is 2.27. The third-order valence-electron chi connectivity index (χ3n) is 3.05. The molecule has 2 heterocycles. The molecule has 4 heteroatoms. The second kappa shape index (κ2) is 4.78. The van der Waals surface area contributed by atoms with Crippen LogP contribution in [0.4, 0.5) is 0 Å². The predicted molar refractivity (Wildman–Crippen MR) is 73.8 cm³/mol. The molecule has 3 rings (SSSR count). The minimum Gasteiger partial charge on any atom is -0.371 e. The molecule has 0 N–H and O–H groups in total. The zero-order valence-electron chi connectivity index (χ0n) is 9.34. The standard InChI is InChI=1S/C13H13IN2O/c14-11-7-15-16(8-11)9-13-12-4-2-1-3-10(12)5-6-17-13/h1-4,7-8,13H,5-6,9H2. The van der Waals surface area contributed by atoms with E-state index in [4.69, 9.17) is 4.74 Å². The molecule has 1 aromatic carbocycles. The molecule has 1 aliphatic heterocycles. The fourth-order valence-electron chi connectivity index (χ4n) is 2.24. The number of ether oxygens (including phenoxy) is 1. The molecule has 0 bridgehead atoms. The third-order valence-corrected chi connectivity index (χ3v) is 3.60. The Labute approximate surface area is 114 Å². The van der Waals surface area contributed by atoms with E-state index in [1.54, 1.807) is 0 Å². The van der Waals surface area contributed by atoms with Gasteiger partial charge in [0.05, 0.1) is 22.9 Å². The molecule has 0 amide bonds. The number of hydrogen-bond acceptors (Lipinski definition) is 2. The minimum atomic E-state index is 0.135. The van der Waals surface area contributed by atoms with Gasteiger partial charge in [-0.2, -0.15) is 5.10 Å². The SMILES string of the molecule is Ic1cnn(CC2OCCc3ccccc32)c1. The van der Waals surface area contributed by atoms with Gasteiger partial charge in [-0.3, -0.25) is 4.68 Å². The van der Waals surface area contributed by atoms with Crippen LogP contribution in [-0.4, -0.2) is 16.4 Å². The summed E-state index contributed by atoms with van der Waals surface area (Å²) in [5.41, 5.74) is 2.72. The van der Waals surface area contributed by atoms with E-state index < -0.39 is 0 Å². The van der Waals surface area contributed by atoms with E-state index in [1.165, 1.54) is 11.1 Å². The van der Waals surface area contributed by atoms with Gasteiger partial charge in [-0.15, -0.1) is 0 Å². The Morgan fingerprint density at radius 1 is 1.41 bits per heavy atom. The van der Waals surface area contributed by atoms with Crippen molar-refractivity contribution in [1.29, 1.82) is 0 Å². The number of nitrogens with zero attached hydrogens (tertiary/aromatic N) is 2. The highest BCUT2D eigenvalue weighted by molar-refractivity contribution is 14.1. The van der Waals surface area contributed by atoms with E-state index in [1.807, 2.05) is 17.1 Å². The van der Waals surface area contributed by atoms with Crippen LogP contribution in [0.25, 0.3) is 0 Å². The van der Waals surface area contributed by atoms with Gasteiger partial charge >= 0.3 is 0 Å². The molecule has 0 saturated heterocycles. The molecule has 0 spiro atoms. The lowest BCUT2D eigenvalue weighted by atomic mass is 9.98. The smallest absolute Gasteiger partial charge is 0.102 e. The monoisotopic (exact) mass is 340 g/mol. The first-order chi connectivity index (χ1) is 8.33. The molecular formula is C13H13IN2O. The lowest BCUT2D eigenvalue weighted by Crippen LogP contribution is -2.20. The van der Waals surface area contributed by atoms with Crippen molar-refractivity contribution in [3.8, 4) is 0 Å². The summed E-state index contributed by atoms with van der Waals surface area (Å²) in [6.45, 7) is 1.60. The molecule has 1 atom stereocenters. The van der Waals surface area contributed by atoms with E-state index in [0.29, 0.717) is 0 Å². The molecule has 0 aliphatic carbocycles. The fourth-order valence-corrected chi connectivity index (χ4v) is 2.68. The van der Waals surface area contributed by atoms with Crippen LogP contribution >= 0.6 is 22.6 Å². The summed E-state index contributed by atoms with van der Waals surface area (Å²) in [5.74, 6) is 0. The van der Waals surface area contributed by atoms with Crippen molar-refractivity contribution in [2.24, 2.45) is 0 Å². The summed E-state index contributed by atoms with van der Waals surface area (Å²) in [6.07, 6.45) is 5.07. The zero-order valence-corrected chi connectivity index (χ0v) is 11.5. The number of aromatic nitrogens is 2. The van der Waals surface area contributed by atoms with Gasteiger partial charge in [-0.1, -0.05) is 24.3 Å². The van der Waals surface area contributed by atoms with Gasteiger partial charge in [0, 0.05) is 6.20 Å². The molecule has 2 aromatic rings. The molecule has 1 unspecified atom stereocenters. The fraction of sp³-hybridized carbons (Fsp3) is 0.308. The Kier molecular flexibility index (Phi) is 3.15. The number of hydrogen-bond donors (Lipinski definition) is 0. The molecule has 0 fully saturated rings. The molecule has 0 saturated carbocycles. The Bertz CT molecular complexity index is 524. The molecule has 88 valence electrons. The second-order valence-corrected chi connectivity index (χ2v) is 5.43. The molecule has 17 heavy (non-hydrogen) atoms. The van der Waals surface area contributed by atoms with Gasteiger partial charge in [0.25, 0.3) is 0 Å².